The zero-order valence-corrected chi connectivity index (χ0v) is 23.9. The Hall–Kier alpha value is -2.05. The van der Waals surface area contributed by atoms with Crippen LogP contribution in [-0.4, -0.2) is 17.6 Å². The predicted octanol–water partition coefficient (Wildman–Crippen LogP) is 8.13. The largest absolute Gasteiger partial charge is 0.406 e. The fourth-order valence-corrected chi connectivity index (χ4v) is 12.2. The van der Waals surface area contributed by atoms with E-state index in [0.29, 0.717) is 21.5 Å². The standard InChI is InChI=1S/C30H40O3SSi/c1-21(2)35(22(3)4,23(5)6)33-30(29(31)25-13-9-8-10-14-25)27-15-11-12-16-28(27)34(32)26-19-17-24(7)18-20-26/h8-23,29-31H,1-7H3/t29-,30+,34?/m1/s1. The molecular formula is C30H40O3SSi. The van der Waals surface area contributed by atoms with Crippen molar-refractivity contribution in [1.29, 1.82) is 0 Å². The van der Waals surface area contributed by atoms with E-state index in [4.69, 9.17) is 4.43 Å². The van der Waals surface area contributed by atoms with Crippen molar-refractivity contribution in [3.63, 3.8) is 0 Å². The van der Waals surface area contributed by atoms with Crippen molar-refractivity contribution in [1.82, 2.24) is 0 Å². The van der Waals surface area contributed by atoms with Gasteiger partial charge in [-0.05, 0) is 52.9 Å². The molecule has 0 heterocycles. The highest BCUT2D eigenvalue weighted by molar-refractivity contribution is 7.85. The zero-order chi connectivity index (χ0) is 25.8. The third-order valence-electron chi connectivity index (χ3n) is 7.13. The Morgan fingerprint density at radius 2 is 1.26 bits per heavy atom. The number of hydrogen-bond donors (Lipinski definition) is 1. The molecule has 3 nitrogen and oxygen atoms in total. The summed E-state index contributed by atoms with van der Waals surface area (Å²) >= 11 is 0. The molecule has 35 heavy (non-hydrogen) atoms. The molecule has 1 unspecified atom stereocenters. The maximum Gasteiger partial charge on any atom is 0.201 e. The average molecular weight is 509 g/mol. The SMILES string of the molecule is Cc1ccc(S(=O)c2ccccc2[C@H](O[Si](C(C)C)(C(C)C)C(C)C)[C@H](O)c2ccccc2)cc1. The van der Waals surface area contributed by atoms with Crippen molar-refractivity contribution < 1.29 is 13.7 Å². The second kappa shape index (κ2) is 11.8. The third kappa shape index (κ3) is 5.86. The first-order chi connectivity index (χ1) is 16.6. The van der Waals surface area contributed by atoms with Crippen LogP contribution in [0.1, 0.15) is 70.4 Å². The van der Waals surface area contributed by atoms with E-state index >= 15 is 0 Å². The lowest BCUT2D eigenvalue weighted by Gasteiger charge is -2.46. The molecule has 3 atom stereocenters. The molecule has 3 aromatic carbocycles. The Balaban J connectivity index is 2.18. The van der Waals surface area contributed by atoms with Crippen molar-refractivity contribution in [3.05, 3.63) is 95.6 Å². The van der Waals surface area contributed by atoms with Gasteiger partial charge in [0, 0.05) is 9.79 Å². The van der Waals surface area contributed by atoms with Gasteiger partial charge in [-0.15, -0.1) is 0 Å². The number of aryl methyl sites for hydroxylation is 1. The van der Waals surface area contributed by atoms with Crippen molar-refractivity contribution in [2.75, 3.05) is 0 Å². The van der Waals surface area contributed by atoms with Gasteiger partial charge in [0.05, 0.1) is 10.8 Å². The van der Waals surface area contributed by atoms with E-state index in [-0.39, 0.29) is 0 Å². The highest BCUT2D eigenvalue weighted by Crippen LogP contribution is 2.48. The molecule has 0 amide bonds. The summed E-state index contributed by atoms with van der Waals surface area (Å²) in [4.78, 5) is 1.44. The van der Waals surface area contributed by atoms with Gasteiger partial charge in [0.1, 0.15) is 12.2 Å². The van der Waals surface area contributed by atoms with Gasteiger partial charge in [0.2, 0.25) is 8.32 Å². The lowest BCUT2D eigenvalue weighted by Crippen LogP contribution is -2.49. The zero-order valence-electron chi connectivity index (χ0n) is 22.1. The molecule has 0 spiro atoms. The second-order valence-corrected chi connectivity index (χ2v) is 17.2. The average Bonchev–Trinajstić information content (AvgIpc) is 2.84. The molecule has 0 aliphatic rings. The molecule has 188 valence electrons. The van der Waals surface area contributed by atoms with E-state index in [0.717, 1.165) is 21.6 Å². The first-order valence-electron chi connectivity index (χ1n) is 12.6. The monoisotopic (exact) mass is 508 g/mol. The summed E-state index contributed by atoms with van der Waals surface area (Å²) < 4.78 is 21.0. The van der Waals surface area contributed by atoms with Crippen molar-refractivity contribution in [2.24, 2.45) is 0 Å². The summed E-state index contributed by atoms with van der Waals surface area (Å²) in [5.41, 5.74) is 3.77. The van der Waals surface area contributed by atoms with Crippen molar-refractivity contribution in [3.8, 4) is 0 Å². The van der Waals surface area contributed by atoms with Gasteiger partial charge < -0.3 is 9.53 Å². The summed E-state index contributed by atoms with van der Waals surface area (Å²) in [5, 5.41) is 11.8. The lowest BCUT2D eigenvalue weighted by molar-refractivity contribution is 0.0211. The lowest BCUT2D eigenvalue weighted by atomic mass is 9.98. The normalized spacial score (nSPS) is 14.9. The maximum atomic E-state index is 13.8. The molecule has 0 radical (unpaired) electrons. The molecule has 0 aliphatic heterocycles. The molecule has 0 aliphatic carbocycles. The van der Waals surface area contributed by atoms with E-state index in [1.807, 2.05) is 85.8 Å². The van der Waals surface area contributed by atoms with E-state index in [1.54, 1.807) is 0 Å². The Labute approximate surface area is 215 Å². The van der Waals surface area contributed by atoms with E-state index < -0.39 is 31.3 Å². The van der Waals surface area contributed by atoms with Crippen LogP contribution in [0.3, 0.4) is 0 Å². The molecular weight excluding hydrogens is 468 g/mol. The Morgan fingerprint density at radius 1 is 0.743 bits per heavy atom. The highest BCUT2D eigenvalue weighted by atomic mass is 32.2. The van der Waals surface area contributed by atoms with E-state index in [1.165, 1.54) is 0 Å². The molecule has 3 rings (SSSR count). The van der Waals surface area contributed by atoms with Crippen LogP contribution in [0.15, 0.2) is 88.7 Å². The fourth-order valence-electron chi connectivity index (χ4n) is 5.42. The molecule has 0 saturated carbocycles. The fraction of sp³-hybridized carbons (Fsp3) is 0.400. The molecule has 5 heteroatoms. The van der Waals surface area contributed by atoms with Crippen LogP contribution in [0.2, 0.25) is 16.6 Å². The van der Waals surface area contributed by atoms with Crippen LogP contribution in [0.4, 0.5) is 0 Å². The van der Waals surface area contributed by atoms with Crippen molar-refractivity contribution >= 4 is 19.1 Å². The van der Waals surface area contributed by atoms with Crippen LogP contribution in [0.5, 0.6) is 0 Å². The van der Waals surface area contributed by atoms with Gasteiger partial charge in [0.25, 0.3) is 0 Å². The van der Waals surface area contributed by atoms with Gasteiger partial charge >= 0.3 is 0 Å². The number of rotatable bonds is 10. The predicted molar refractivity (Wildman–Crippen MR) is 149 cm³/mol. The van der Waals surface area contributed by atoms with E-state index in [9.17, 15) is 9.32 Å². The Morgan fingerprint density at radius 3 is 1.80 bits per heavy atom. The van der Waals surface area contributed by atoms with E-state index in [2.05, 4.69) is 41.5 Å². The smallest absolute Gasteiger partial charge is 0.201 e. The molecule has 0 aromatic heterocycles. The molecule has 0 fully saturated rings. The third-order valence-corrected chi connectivity index (χ3v) is 14.7. The maximum absolute atomic E-state index is 13.8. The van der Waals surface area contributed by atoms with Gasteiger partial charge in [-0.1, -0.05) is 108 Å². The van der Waals surface area contributed by atoms with Gasteiger partial charge in [-0.3, -0.25) is 0 Å². The van der Waals surface area contributed by atoms with Crippen LogP contribution in [0.25, 0.3) is 0 Å². The highest BCUT2D eigenvalue weighted by Gasteiger charge is 2.48. The quantitative estimate of drug-likeness (QED) is 0.281. The Bertz CT molecular complexity index is 1090. The van der Waals surface area contributed by atoms with Crippen molar-refractivity contribution in [2.45, 2.75) is 87.1 Å². The second-order valence-electron chi connectivity index (χ2n) is 10.3. The van der Waals surface area contributed by atoms with Crippen LogP contribution in [-0.2, 0) is 15.2 Å². The van der Waals surface area contributed by atoms with Gasteiger partial charge in [0.15, 0.2) is 0 Å². The molecule has 0 bridgehead atoms. The summed E-state index contributed by atoms with van der Waals surface area (Å²) in [6, 6.07) is 25.2. The van der Waals surface area contributed by atoms with Crippen LogP contribution < -0.4 is 0 Å². The minimum atomic E-state index is -2.37. The van der Waals surface area contributed by atoms with Crippen LogP contribution in [0, 0.1) is 6.92 Å². The first-order valence-corrected chi connectivity index (χ1v) is 15.9. The number of aliphatic hydroxyl groups excluding tert-OH is 1. The minimum Gasteiger partial charge on any atom is -0.406 e. The molecule has 3 aromatic rings. The summed E-state index contributed by atoms with van der Waals surface area (Å²) in [6.07, 6.45) is -1.50. The van der Waals surface area contributed by atoms with Crippen LogP contribution >= 0.6 is 0 Å². The first kappa shape index (κ1) is 27.5. The summed E-state index contributed by atoms with van der Waals surface area (Å²) in [7, 11) is -3.77. The number of hydrogen-bond acceptors (Lipinski definition) is 3. The number of aliphatic hydroxyl groups is 1. The molecule has 1 N–H and O–H groups in total. The summed E-state index contributed by atoms with van der Waals surface area (Å²) in [6.45, 7) is 15.5. The number of benzene rings is 3. The molecule has 0 saturated heterocycles. The van der Waals surface area contributed by atoms with Gasteiger partial charge in [-0.2, -0.15) is 0 Å². The summed E-state index contributed by atoms with van der Waals surface area (Å²) in [5.74, 6) is 0. The Kier molecular flexibility index (Phi) is 9.27. The minimum absolute atomic E-state index is 0.350. The topological polar surface area (TPSA) is 46.5 Å². The van der Waals surface area contributed by atoms with Gasteiger partial charge in [-0.25, -0.2) is 4.21 Å².